The lowest BCUT2D eigenvalue weighted by molar-refractivity contribution is -0.141. The standard InChI is InChI=1S/C11H11ClFNO4/c1-6(11(16)17)14-10(15)5-18-9-3-2-7(13)4-8(9)12/h2-4,6H,5H2,1H3,(H,14,15)(H,16,17)/t6-/m0/s1. The van der Waals surface area contributed by atoms with Gasteiger partial charge < -0.3 is 15.2 Å². The minimum atomic E-state index is -1.15. The Balaban J connectivity index is 2.50. The van der Waals surface area contributed by atoms with Crippen LogP contribution in [-0.2, 0) is 9.59 Å². The predicted octanol–water partition coefficient (Wildman–Crippen LogP) is 1.45. The molecule has 0 saturated heterocycles. The number of halogens is 2. The van der Waals surface area contributed by atoms with Gasteiger partial charge in [-0.3, -0.25) is 9.59 Å². The first-order valence-electron chi connectivity index (χ1n) is 5.00. The quantitative estimate of drug-likeness (QED) is 0.853. The average molecular weight is 276 g/mol. The molecule has 98 valence electrons. The number of carbonyl (C=O) groups excluding carboxylic acids is 1. The van der Waals surface area contributed by atoms with Crippen LogP contribution in [0.4, 0.5) is 4.39 Å². The van der Waals surface area contributed by atoms with E-state index in [0.717, 1.165) is 12.1 Å². The predicted molar refractivity (Wildman–Crippen MR) is 62.1 cm³/mol. The lowest BCUT2D eigenvalue weighted by Crippen LogP contribution is -2.40. The summed E-state index contributed by atoms with van der Waals surface area (Å²) in [6.45, 7) is 0.925. The molecular weight excluding hydrogens is 265 g/mol. The molecule has 2 N–H and O–H groups in total. The van der Waals surface area contributed by atoms with Crippen molar-refractivity contribution in [2.24, 2.45) is 0 Å². The van der Waals surface area contributed by atoms with E-state index in [0.29, 0.717) is 0 Å². The minimum Gasteiger partial charge on any atom is -0.482 e. The third-order valence-corrected chi connectivity index (χ3v) is 2.30. The van der Waals surface area contributed by atoms with Gasteiger partial charge in [-0.15, -0.1) is 0 Å². The zero-order valence-electron chi connectivity index (χ0n) is 9.44. The van der Waals surface area contributed by atoms with Gasteiger partial charge in [0.05, 0.1) is 5.02 Å². The van der Waals surface area contributed by atoms with Gasteiger partial charge in [0.15, 0.2) is 6.61 Å². The van der Waals surface area contributed by atoms with Crippen LogP contribution >= 0.6 is 11.6 Å². The largest absolute Gasteiger partial charge is 0.482 e. The zero-order valence-corrected chi connectivity index (χ0v) is 10.2. The highest BCUT2D eigenvalue weighted by atomic mass is 35.5. The van der Waals surface area contributed by atoms with Gasteiger partial charge in [-0.2, -0.15) is 0 Å². The fraction of sp³-hybridized carbons (Fsp3) is 0.273. The van der Waals surface area contributed by atoms with Crippen molar-refractivity contribution in [2.45, 2.75) is 13.0 Å². The molecule has 7 heteroatoms. The maximum atomic E-state index is 12.7. The summed E-state index contributed by atoms with van der Waals surface area (Å²) < 4.78 is 17.8. The Bertz CT molecular complexity index is 466. The number of ether oxygens (including phenoxy) is 1. The van der Waals surface area contributed by atoms with Crippen molar-refractivity contribution < 1.29 is 23.8 Å². The van der Waals surface area contributed by atoms with E-state index >= 15 is 0 Å². The number of nitrogens with one attached hydrogen (secondary N) is 1. The molecule has 0 spiro atoms. The summed E-state index contributed by atoms with van der Waals surface area (Å²) in [4.78, 5) is 21.8. The molecule has 0 aliphatic carbocycles. The second-order valence-electron chi connectivity index (χ2n) is 3.49. The molecule has 0 aromatic heterocycles. The molecule has 5 nitrogen and oxygen atoms in total. The third-order valence-electron chi connectivity index (χ3n) is 2.00. The Morgan fingerprint density at radius 1 is 1.56 bits per heavy atom. The van der Waals surface area contributed by atoms with Gasteiger partial charge in [0, 0.05) is 0 Å². The molecule has 1 atom stereocenters. The molecule has 0 aliphatic heterocycles. The topological polar surface area (TPSA) is 75.6 Å². The third kappa shape index (κ3) is 4.21. The summed E-state index contributed by atoms with van der Waals surface area (Å²) >= 11 is 5.68. The van der Waals surface area contributed by atoms with Gasteiger partial charge in [0.2, 0.25) is 0 Å². The highest BCUT2D eigenvalue weighted by molar-refractivity contribution is 6.32. The molecular formula is C11H11ClFNO4. The van der Waals surface area contributed by atoms with E-state index in [4.69, 9.17) is 21.4 Å². The summed E-state index contributed by atoms with van der Waals surface area (Å²) in [5.41, 5.74) is 0. The lowest BCUT2D eigenvalue weighted by atomic mass is 10.3. The Morgan fingerprint density at radius 2 is 2.22 bits per heavy atom. The van der Waals surface area contributed by atoms with E-state index < -0.39 is 30.3 Å². The number of carbonyl (C=O) groups is 2. The van der Waals surface area contributed by atoms with Crippen molar-refractivity contribution in [3.8, 4) is 5.75 Å². The van der Waals surface area contributed by atoms with E-state index in [1.807, 2.05) is 0 Å². The molecule has 0 saturated carbocycles. The maximum absolute atomic E-state index is 12.7. The van der Waals surface area contributed by atoms with Crippen LogP contribution in [0.1, 0.15) is 6.92 Å². The summed E-state index contributed by atoms with van der Waals surface area (Å²) in [7, 11) is 0. The van der Waals surface area contributed by atoms with Crippen LogP contribution < -0.4 is 10.1 Å². The number of hydrogen-bond donors (Lipinski definition) is 2. The Labute approximate surface area is 108 Å². The Hall–Kier alpha value is -1.82. The van der Waals surface area contributed by atoms with Gasteiger partial charge in [0.1, 0.15) is 17.6 Å². The molecule has 0 fully saturated rings. The number of carboxylic acid groups (broad SMARTS) is 1. The number of benzene rings is 1. The van der Waals surface area contributed by atoms with Crippen molar-refractivity contribution in [3.63, 3.8) is 0 Å². The number of aliphatic carboxylic acids is 1. The van der Waals surface area contributed by atoms with Crippen molar-refractivity contribution in [2.75, 3.05) is 6.61 Å². The first kappa shape index (κ1) is 14.2. The second-order valence-corrected chi connectivity index (χ2v) is 3.90. The molecule has 1 aromatic rings. The van der Waals surface area contributed by atoms with E-state index in [2.05, 4.69) is 5.32 Å². The van der Waals surface area contributed by atoms with Gasteiger partial charge in [-0.1, -0.05) is 11.6 Å². The number of carboxylic acids is 1. The number of rotatable bonds is 5. The molecule has 0 heterocycles. The van der Waals surface area contributed by atoms with Crippen molar-refractivity contribution in [1.29, 1.82) is 0 Å². The monoisotopic (exact) mass is 275 g/mol. The van der Waals surface area contributed by atoms with Gasteiger partial charge >= 0.3 is 5.97 Å². The first-order chi connectivity index (χ1) is 8.40. The van der Waals surface area contributed by atoms with Crippen LogP contribution in [0.2, 0.25) is 5.02 Å². The fourth-order valence-electron chi connectivity index (χ4n) is 1.08. The molecule has 0 radical (unpaired) electrons. The Morgan fingerprint density at radius 3 is 2.78 bits per heavy atom. The van der Waals surface area contributed by atoms with Gasteiger partial charge in [-0.05, 0) is 25.1 Å². The molecule has 0 bridgehead atoms. The normalized spacial score (nSPS) is 11.7. The fourth-order valence-corrected chi connectivity index (χ4v) is 1.30. The van der Waals surface area contributed by atoms with E-state index in [-0.39, 0.29) is 10.8 Å². The van der Waals surface area contributed by atoms with E-state index in [9.17, 15) is 14.0 Å². The van der Waals surface area contributed by atoms with Crippen molar-refractivity contribution in [3.05, 3.63) is 29.0 Å². The van der Waals surface area contributed by atoms with E-state index in [1.165, 1.54) is 13.0 Å². The molecule has 1 aromatic carbocycles. The molecule has 1 rings (SSSR count). The van der Waals surface area contributed by atoms with Crippen LogP contribution in [0.3, 0.4) is 0 Å². The summed E-state index contributed by atoms with van der Waals surface area (Å²) in [5, 5.41) is 10.8. The molecule has 0 aliphatic rings. The summed E-state index contributed by atoms with van der Waals surface area (Å²) in [5.74, 6) is -2.12. The molecule has 0 unspecified atom stereocenters. The second kappa shape index (κ2) is 6.20. The minimum absolute atomic E-state index is 0.0362. The van der Waals surface area contributed by atoms with E-state index in [1.54, 1.807) is 0 Å². The number of amides is 1. The van der Waals surface area contributed by atoms with Crippen LogP contribution in [-0.4, -0.2) is 29.6 Å². The smallest absolute Gasteiger partial charge is 0.325 e. The SMILES string of the molecule is C[C@H](NC(=O)COc1ccc(F)cc1Cl)C(=O)O. The van der Waals surface area contributed by atoms with Crippen LogP contribution in [0.25, 0.3) is 0 Å². The maximum Gasteiger partial charge on any atom is 0.325 e. The lowest BCUT2D eigenvalue weighted by Gasteiger charge is -2.11. The Kier molecular flexibility index (Phi) is 4.91. The molecule has 1 amide bonds. The highest BCUT2D eigenvalue weighted by Gasteiger charge is 2.14. The summed E-state index contributed by atoms with van der Waals surface area (Å²) in [6.07, 6.45) is 0. The first-order valence-corrected chi connectivity index (χ1v) is 5.38. The van der Waals surface area contributed by atoms with Gasteiger partial charge in [-0.25, -0.2) is 4.39 Å². The average Bonchev–Trinajstić information content (AvgIpc) is 2.27. The summed E-state index contributed by atoms with van der Waals surface area (Å²) in [6, 6.07) is 2.46. The van der Waals surface area contributed by atoms with Crippen LogP contribution in [0, 0.1) is 5.82 Å². The molecule has 18 heavy (non-hydrogen) atoms. The zero-order chi connectivity index (χ0) is 13.7. The van der Waals surface area contributed by atoms with Crippen molar-refractivity contribution in [1.82, 2.24) is 5.32 Å². The van der Waals surface area contributed by atoms with Gasteiger partial charge in [0.25, 0.3) is 5.91 Å². The van der Waals surface area contributed by atoms with Crippen molar-refractivity contribution >= 4 is 23.5 Å². The van der Waals surface area contributed by atoms with Crippen LogP contribution in [0.15, 0.2) is 18.2 Å². The highest BCUT2D eigenvalue weighted by Crippen LogP contribution is 2.24. The number of hydrogen-bond acceptors (Lipinski definition) is 3. The van der Waals surface area contributed by atoms with Crippen LogP contribution in [0.5, 0.6) is 5.75 Å².